The minimum absolute atomic E-state index is 0.334. The fraction of sp³-hybridized carbons (Fsp3) is 0.227. The van der Waals surface area contributed by atoms with Gasteiger partial charge in [-0.1, -0.05) is 42.0 Å². The van der Waals surface area contributed by atoms with Crippen molar-refractivity contribution < 1.29 is 9.53 Å². The summed E-state index contributed by atoms with van der Waals surface area (Å²) < 4.78 is 5.91. The highest BCUT2D eigenvalue weighted by Crippen LogP contribution is 2.26. The average Bonchev–Trinajstić information content (AvgIpc) is 3.04. The molecule has 0 aliphatic heterocycles. The van der Waals surface area contributed by atoms with E-state index in [2.05, 4.69) is 17.9 Å². The largest absolute Gasteiger partial charge is 0.492 e. The maximum absolute atomic E-state index is 11.3. The Hall–Kier alpha value is -3.30. The van der Waals surface area contributed by atoms with E-state index in [1.54, 1.807) is 29.3 Å². The number of primary amides is 1. The lowest BCUT2D eigenvalue weighted by molar-refractivity contribution is -0.114. The number of nitriles is 1. The lowest BCUT2D eigenvalue weighted by atomic mass is 10.2. The first-order valence-electron chi connectivity index (χ1n) is 8.99. The number of amides is 1. The molecule has 0 atom stereocenters. The molecule has 0 radical (unpaired) electrons. The first kappa shape index (κ1) is 22.0. The lowest BCUT2D eigenvalue weighted by Gasteiger charge is -2.22. The number of halogens is 1. The molecular formula is C22H23ClN4O2. The lowest BCUT2D eigenvalue weighted by Crippen LogP contribution is -2.15. The van der Waals surface area contributed by atoms with Crippen molar-refractivity contribution in [1.82, 2.24) is 5.01 Å². The molecule has 2 rings (SSSR count). The molecule has 0 bridgehead atoms. The highest BCUT2D eigenvalue weighted by Gasteiger charge is 2.15. The second-order valence-electron chi connectivity index (χ2n) is 6.34. The van der Waals surface area contributed by atoms with E-state index in [0.29, 0.717) is 47.1 Å². The fourth-order valence-electron chi connectivity index (χ4n) is 2.69. The fourth-order valence-corrected chi connectivity index (χ4v) is 2.93. The summed E-state index contributed by atoms with van der Waals surface area (Å²) in [5.74, 6) is 0.205. The van der Waals surface area contributed by atoms with E-state index in [4.69, 9.17) is 27.3 Å². The van der Waals surface area contributed by atoms with E-state index in [1.807, 2.05) is 32.1 Å². The summed E-state index contributed by atoms with van der Waals surface area (Å²) in [7, 11) is 0. The van der Waals surface area contributed by atoms with Crippen LogP contribution in [-0.4, -0.2) is 24.2 Å². The molecule has 2 N–H and O–H groups in total. The summed E-state index contributed by atoms with van der Waals surface area (Å²) in [5.41, 5.74) is 8.60. The maximum Gasteiger partial charge on any atom is 0.248 e. The molecule has 0 aromatic rings. The van der Waals surface area contributed by atoms with Crippen LogP contribution < -0.4 is 5.73 Å². The van der Waals surface area contributed by atoms with Crippen molar-refractivity contribution in [2.24, 2.45) is 10.8 Å². The highest BCUT2D eigenvalue weighted by molar-refractivity contribution is 6.32. The number of allylic oxidation sites excluding steroid dienone is 9. The van der Waals surface area contributed by atoms with Crippen LogP contribution in [0.2, 0.25) is 0 Å². The van der Waals surface area contributed by atoms with Crippen LogP contribution in [0.4, 0.5) is 0 Å². The molecule has 1 amide bonds. The molecule has 2 aliphatic carbocycles. The summed E-state index contributed by atoms with van der Waals surface area (Å²) in [4.78, 5) is 11.3. The Morgan fingerprint density at radius 3 is 2.69 bits per heavy atom. The van der Waals surface area contributed by atoms with Gasteiger partial charge in [-0.3, -0.25) is 4.79 Å². The van der Waals surface area contributed by atoms with Gasteiger partial charge in [-0.15, -0.1) is 0 Å². The molecule has 0 aromatic heterocycles. The normalized spacial score (nSPS) is 17.1. The Kier molecular flexibility index (Phi) is 7.81. The van der Waals surface area contributed by atoms with E-state index in [9.17, 15) is 4.79 Å². The van der Waals surface area contributed by atoms with Crippen LogP contribution in [0.3, 0.4) is 0 Å². The maximum atomic E-state index is 11.3. The number of carbonyl (C=O) groups is 1. The first-order chi connectivity index (χ1) is 13.9. The van der Waals surface area contributed by atoms with E-state index in [0.717, 1.165) is 11.3 Å². The van der Waals surface area contributed by atoms with Crippen LogP contribution >= 0.6 is 11.6 Å². The molecule has 150 valence electrons. The van der Waals surface area contributed by atoms with Gasteiger partial charge in [0, 0.05) is 12.3 Å². The van der Waals surface area contributed by atoms with Crippen LogP contribution in [0, 0.1) is 11.3 Å². The van der Waals surface area contributed by atoms with Crippen LogP contribution in [0.15, 0.2) is 86.5 Å². The molecule has 0 saturated heterocycles. The number of nitrogens with two attached hydrogens (primary N) is 1. The van der Waals surface area contributed by atoms with Crippen molar-refractivity contribution in [1.29, 1.82) is 5.26 Å². The van der Waals surface area contributed by atoms with Crippen molar-refractivity contribution in [2.45, 2.75) is 26.7 Å². The van der Waals surface area contributed by atoms with Crippen LogP contribution in [0.1, 0.15) is 26.7 Å². The van der Waals surface area contributed by atoms with E-state index in [-0.39, 0.29) is 0 Å². The van der Waals surface area contributed by atoms with Gasteiger partial charge in [0.25, 0.3) is 0 Å². The molecule has 2 aliphatic rings. The van der Waals surface area contributed by atoms with Crippen LogP contribution in [0.25, 0.3) is 0 Å². The van der Waals surface area contributed by atoms with Gasteiger partial charge in [0.05, 0.1) is 22.0 Å². The standard InChI is InChI=1S/C22H23ClN4O2/c1-15(27(26-3)20-9-5-8-19(13-24)21(23)12-20)16(2)29-14-17-6-4-7-18(11-10-17)22(25)28/h6-12H,3-5,14H2,1-2H3,(H2,25,28)/b16-15+. The number of hydrogen-bond donors (Lipinski definition) is 1. The molecule has 0 aromatic carbocycles. The third-order valence-corrected chi connectivity index (χ3v) is 4.76. The summed E-state index contributed by atoms with van der Waals surface area (Å²) in [6.45, 7) is 7.67. The Bertz CT molecular complexity index is 956. The second-order valence-corrected chi connectivity index (χ2v) is 6.75. The topological polar surface area (TPSA) is 91.7 Å². The van der Waals surface area contributed by atoms with Gasteiger partial charge in [0.15, 0.2) is 0 Å². The third-order valence-electron chi connectivity index (χ3n) is 4.45. The summed E-state index contributed by atoms with van der Waals surface area (Å²) in [6.07, 6.45) is 13.8. The third kappa shape index (κ3) is 5.84. The molecule has 29 heavy (non-hydrogen) atoms. The Morgan fingerprint density at radius 2 is 2.03 bits per heavy atom. The minimum atomic E-state index is -0.450. The molecule has 0 unspecified atom stereocenters. The number of carbonyl (C=O) groups excluding carboxylic acids is 1. The summed E-state index contributed by atoms with van der Waals surface area (Å²) in [5, 5.41) is 15.2. The van der Waals surface area contributed by atoms with Gasteiger partial charge < -0.3 is 10.5 Å². The monoisotopic (exact) mass is 410 g/mol. The zero-order valence-electron chi connectivity index (χ0n) is 16.5. The van der Waals surface area contributed by atoms with Gasteiger partial charge in [-0.2, -0.15) is 10.4 Å². The Labute approximate surface area is 176 Å². The quantitative estimate of drug-likeness (QED) is 0.384. The molecule has 6 nitrogen and oxygen atoms in total. The number of nitrogens with zero attached hydrogens (tertiary/aromatic N) is 3. The van der Waals surface area contributed by atoms with Crippen molar-refractivity contribution >= 4 is 24.2 Å². The summed E-state index contributed by atoms with van der Waals surface area (Å²) in [6, 6.07) is 2.08. The van der Waals surface area contributed by atoms with Crippen molar-refractivity contribution in [3.63, 3.8) is 0 Å². The van der Waals surface area contributed by atoms with Crippen LogP contribution in [-0.2, 0) is 9.53 Å². The van der Waals surface area contributed by atoms with Crippen LogP contribution in [0.5, 0.6) is 0 Å². The Morgan fingerprint density at radius 1 is 1.31 bits per heavy atom. The summed E-state index contributed by atoms with van der Waals surface area (Å²) >= 11 is 6.22. The van der Waals surface area contributed by atoms with E-state index >= 15 is 0 Å². The van der Waals surface area contributed by atoms with Gasteiger partial charge in [-0.05, 0) is 44.4 Å². The zero-order valence-corrected chi connectivity index (χ0v) is 17.2. The molecule has 7 heteroatoms. The number of ether oxygens (including phenoxy) is 1. The molecule has 0 saturated carbocycles. The highest BCUT2D eigenvalue weighted by atomic mass is 35.5. The first-order valence-corrected chi connectivity index (χ1v) is 9.37. The molecule has 0 fully saturated rings. The second kappa shape index (κ2) is 10.3. The Balaban J connectivity index is 2.12. The molecular weight excluding hydrogens is 388 g/mol. The minimum Gasteiger partial charge on any atom is -0.492 e. The molecule has 0 heterocycles. The number of hydrazone groups is 1. The zero-order chi connectivity index (χ0) is 21.4. The molecule has 0 spiro atoms. The smallest absolute Gasteiger partial charge is 0.248 e. The van der Waals surface area contributed by atoms with Gasteiger partial charge >= 0.3 is 0 Å². The van der Waals surface area contributed by atoms with Crippen molar-refractivity contribution in [3.05, 3.63) is 81.4 Å². The average molecular weight is 411 g/mol. The van der Waals surface area contributed by atoms with Crippen molar-refractivity contribution in [3.8, 4) is 6.07 Å². The predicted molar refractivity (Wildman–Crippen MR) is 115 cm³/mol. The van der Waals surface area contributed by atoms with Gasteiger partial charge in [0.2, 0.25) is 5.91 Å². The van der Waals surface area contributed by atoms with Crippen molar-refractivity contribution in [2.75, 3.05) is 6.61 Å². The predicted octanol–water partition coefficient (Wildman–Crippen LogP) is 4.33. The van der Waals surface area contributed by atoms with E-state index < -0.39 is 5.91 Å². The SMILES string of the molecule is C=NN(C1=CCC=C(C#N)C(Cl)=C1)/C(C)=C(\C)OCC1=CCC=C(C(N)=O)C=C1. The number of rotatable bonds is 7. The number of hydrogen-bond acceptors (Lipinski definition) is 5. The van der Waals surface area contributed by atoms with E-state index in [1.165, 1.54) is 0 Å². The van der Waals surface area contributed by atoms with Gasteiger partial charge in [0.1, 0.15) is 18.4 Å². The van der Waals surface area contributed by atoms with Gasteiger partial charge in [-0.25, -0.2) is 5.01 Å².